The van der Waals surface area contributed by atoms with Crippen LogP contribution in [0.1, 0.15) is 32.2 Å². The van der Waals surface area contributed by atoms with E-state index in [4.69, 9.17) is 11.6 Å². The summed E-state index contributed by atoms with van der Waals surface area (Å²) in [6.07, 6.45) is 2.34. The Morgan fingerprint density at radius 2 is 1.82 bits per heavy atom. The Bertz CT molecular complexity index is 1380. The van der Waals surface area contributed by atoms with Gasteiger partial charge in [-0.1, -0.05) is 42.4 Å². The molecule has 0 aliphatic carbocycles. The third-order valence-electron chi connectivity index (χ3n) is 7.21. The number of amides is 3. The van der Waals surface area contributed by atoms with Crippen LogP contribution >= 0.6 is 23.4 Å². The van der Waals surface area contributed by atoms with Crippen molar-refractivity contribution in [3.63, 3.8) is 0 Å². The molecule has 11 nitrogen and oxygen atoms in total. The average Bonchev–Trinajstić information content (AvgIpc) is 3.30. The van der Waals surface area contributed by atoms with Crippen molar-refractivity contribution < 1.29 is 9.59 Å². The van der Waals surface area contributed by atoms with Gasteiger partial charge in [-0.15, -0.1) is 0 Å². The third-order valence-corrected chi connectivity index (χ3v) is 8.23. The van der Waals surface area contributed by atoms with E-state index >= 15 is 0 Å². The second-order valence-corrected chi connectivity index (χ2v) is 11.1. The van der Waals surface area contributed by atoms with E-state index in [0.717, 1.165) is 30.3 Å². The van der Waals surface area contributed by atoms with E-state index in [-0.39, 0.29) is 29.4 Å². The minimum atomic E-state index is -0.105. The fraction of sp³-hybridized carbons (Fsp3) is 0.500. The zero-order valence-electron chi connectivity index (χ0n) is 21.9. The summed E-state index contributed by atoms with van der Waals surface area (Å²) in [6.45, 7) is 6.35. The number of hydrogen-bond acceptors (Lipinski definition) is 7. The lowest BCUT2D eigenvalue weighted by molar-refractivity contribution is -0.129. The van der Waals surface area contributed by atoms with Crippen molar-refractivity contribution in [2.24, 2.45) is 0 Å². The van der Waals surface area contributed by atoms with Crippen molar-refractivity contribution in [1.82, 2.24) is 34.6 Å². The fourth-order valence-corrected chi connectivity index (χ4v) is 6.11. The highest BCUT2D eigenvalue weighted by Crippen LogP contribution is 2.27. The Balaban J connectivity index is 1.13. The second-order valence-electron chi connectivity index (χ2n) is 9.76. The Kier molecular flexibility index (Phi) is 8.61. The van der Waals surface area contributed by atoms with Crippen LogP contribution in [-0.4, -0.2) is 92.8 Å². The maximum absolute atomic E-state index is 13.0. The van der Waals surface area contributed by atoms with Crippen molar-refractivity contribution in [1.29, 1.82) is 0 Å². The highest BCUT2D eigenvalue weighted by Gasteiger charge is 2.27. The van der Waals surface area contributed by atoms with Crippen LogP contribution in [0.2, 0.25) is 5.15 Å². The molecular formula is C26H33ClN8O3S. The van der Waals surface area contributed by atoms with Crippen molar-refractivity contribution in [2.45, 2.75) is 37.4 Å². The number of aromatic nitrogens is 4. The van der Waals surface area contributed by atoms with E-state index in [1.165, 1.54) is 11.8 Å². The molecule has 4 heterocycles. The number of piperazine rings is 1. The van der Waals surface area contributed by atoms with E-state index in [1.54, 1.807) is 11.0 Å². The molecule has 3 aromatic rings. The second kappa shape index (κ2) is 12.3. The molecule has 13 heteroatoms. The third kappa shape index (κ3) is 6.33. The summed E-state index contributed by atoms with van der Waals surface area (Å²) in [4.78, 5) is 55.4. The number of urea groups is 1. The van der Waals surface area contributed by atoms with E-state index in [2.05, 4.69) is 25.2 Å². The van der Waals surface area contributed by atoms with Gasteiger partial charge in [0.15, 0.2) is 5.16 Å². The molecule has 2 fully saturated rings. The van der Waals surface area contributed by atoms with E-state index in [1.807, 2.05) is 40.7 Å². The number of hydrogen-bond donors (Lipinski definition) is 2. The van der Waals surface area contributed by atoms with E-state index < -0.39 is 0 Å². The quantitative estimate of drug-likeness (QED) is 0.254. The van der Waals surface area contributed by atoms with Gasteiger partial charge in [-0.2, -0.15) is 0 Å². The number of nitrogens with zero attached hydrogens (tertiary/aromatic N) is 6. The number of halogens is 1. The molecule has 2 aromatic heterocycles. The first kappa shape index (κ1) is 27.3. The molecule has 3 amide bonds. The van der Waals surface area contributed by atoms with Crippen LogP contribution in [-0.2, 0) is 4.79 Å². The van der Waals surface area contributed by atoms with E-state index in [0.29, 0.717) is 61.9 Å². The van der Waals surface area contributed by atoms with Crippen LogP contribution in [0.4, 0.5) is 10.6 Å². The van der Waals surface area contributed by atoms with Crippen LogP contribution in [0.25, 0.3) is 11.0 Å². The molecular weight excluding hydrogens is 540 g/mol. The number of aromatic amines is 1. The van der Waals surface area contributed by atoms with Crippen LogP contribution in [0.15, 0.2) is 40.3 Å². The summed E-state index contributed by atoms with van der Waals surface area (Å²) < 4.78 is 1.82. The van der Waals surface area contributed by atoms with Gasteiger partial charge < -0.3 is 25.0 Å². The number of thioether (sulfide) groups is 1. The highest BCUT2D eigenvalue weighted by molar-refractivity contribution is 7.99. The number of carbonyl (C=O) groups excluding carboxylic acids is 2. The van der Waals surface area contributed by atoms with Gasteiger partial charge in [-0.05, 0) is 31.4 Å². The topological polar surface area (TPSA) is 119 Å². The SMILES string of the molecule is CCCNC(=O)N1CCN(c2cc(Cl)nc(SCC(=O)N3CCC(n4c(=O)[nH]c5ccccc54)CC3)n2)CC1. The largest absolute Gasteiger partial charge is 0.353 e. The van der Waals surface area contributed by atoms with Gasteiger partial charge in [0.25, 0.3) is 0 Å². The zero-order chi connectivity index (χ0) is 27.4. The minimum absolute atomic E-state index is 0.0153. The number of likely N-dealkylation sites (tertiary alicyclic amines) is 1. The number of carbonyl (C=O) groups is 2. The monoisotopic (exact) mass is 572 g/mol. The van der Waals surface area contributed by atoms with Crippen molar-refractivity contribution >= 4 is 52.2 Å². The number of piperidine rings is 1. The number of imidazole rings is 1. The highest BCUT2D eigenvalue weighted by atomic mass is 35.5. The van der Waals surface area contributed by atoms with Gasteiger partial charge in [-0.3, -0.25) is 9.36 Å². The Labute approximate surface area is 235 Å². The Hall–Kier alpha value is -3.25. The molecule has 1 aromatic carbocycles. The van der Waals surface area contributed by atoms with Gasteiger partial charge >= 0.3 is 11.7 Å². The molecule has 39 heavy (non-hydrogen) atoms. The van der Waals surface area contributed by atoms with Gasteiger partial charge in [0, 0.05) is 57.9 Å². The molecule has 0 saturated carbocycles. The van der Waals surface area contributed by atoms with Crippen molar-refractivity contribution in [3.8, 4) is 0 Å². The first-order valence-electron chi connectivity index (χ1n) is 13.3. The summed E-state index contributed by atoms with van der Waals surface area (Å²) in [6, 6.07) is 9.43. The molecule has 0 spiro atoms. The molecule has 5 rings (SSSR count). The smallest absolute Gasteiger partial charge is 0.326 e. The van der Waals surface area contributed by atoms with E-state index in [9.17, 15) is 14.4 Å². The zero-order valence-corrected chi connectivity index (χ0v) is 23.5. The van der Waals surface area contributed by atoms with Crippen LogP contribution < -0.4 is 15.9 Å². The number of rotatable bonds is 7. The molecule has 0 radical (unpaired) electrons. The number of fused-ring (bicyclic) bond motifs is 1. The first-order chi connectivity index (χ1) is 18.9. The Morgan fingerprint density at radius 1 is 1.08 bits per heavy atom. The van der Waals surface area contributed by atoms with Gasteiger partial charge in [0.2, 0.25) is 5.91 Å². The van der Waals surface area contributed by atoms with Gasteiger partial charge in [0.05, 0.1) is 16.8 Å². The minimum Gasteiger partial charge on any atom is -0.353 e. The number of nitrogens with one attached hydrogen (secondary N) is 2. The first-order valence-corrected chi connectivity index (χ1v) is 14.7. The fourth-order valence-electron chi connectivity index (χ4n) is 5.12. The lowest BCUT2D eigenvalue weighted by atomic mass is 10.0. The number of benzene rings is 1. The molecule has 2 N–H and O–H groups in total. The maximum Gasteiger partial charge on any atom is 0.326 e. The maximum atomic E-state index is 13.0. The summed E-state index contributed by atoms with van der Waals surface area (Å²) in [5.41, 5.74) is 1.63. The normalized spacial score (nSPS) is 16.6. The number of para-hydroxylation sites is 2. The molecule has 0 bridgehead atoms. The summed E-state index contributed by atoms with van der Waals surface area (Å²) in [5.74, 6) is 0.924. The van der Waals surface area contributed by atoms with Crippen LogP contribution in [0, 0.1) is 0 Å². The van der Waals surface area contributed by atoms with Crippen LogP contribution in [0.5, 0.6) is 0 Å². The van der Waals surface area contributed by atoms with Crippen molar-refractivity contribution in [2.75, 3.05) is 56.5 Å². The Morgan fingerprint density at radius 3 is 2.56 bits per heavy atom. The molecule has 0 atom stereocenters. The standard InChI is InChI=1S/C26H33ClN8O3S/c1-2-9-28-25(37)34-14-12-32(13-15-34)22-16-21(27)30-24(31-22)39-17-23(36)33-10-7-18(8-11-33)35-20-6-4-3-5-19(20)29-26(35)38/h3-6,16,18H,2,7-15,17H2,1H3,(H,28,37)(H,29,38). The molecule has 0 unspecified atom stereocenters. The number of H-pyrrole nitrogens is 1. The predicted molar refractivity (Wildman–Crippen MR) is 153 cm³/mol. The predicted octanol–water partition coefficient (Wildman–Crippen LogP) is 2.97. The number of anilines is 1. The molecule has 2 saturated heterocycles. The summed E-state index contributed by atoms with van der Waals surface area (Å²) in [7, 11) is 0. The summed E-state index contributed by atoms with van der Waals surface area (Å²) in [5, 5.41) is 3.69. The van der Waals surface area contributed by atoms with Crippen molar-refractivity contribution in [3.05, 3.63) is 46.0 Å². The lowest BCUT2D eigenvalue weighted by Crippen LogP contribution is -2.52. The molecule has 208 valence electrons. The van der Waals surface area contributed by atoms with Gasteiger partial charge in [-0.25, -0.2) is 19.6 Å². The van der Waals surface area contributed by atoms with Gasteiger partial charge in [0.1, 0.15) is 11.0 Å². The van der Waals surface area contributed by atoms with Crippen LogP contribution in [0.3, 0.4) is 0 Å². The summed E-state index contributed by atoms with van der Waals surface area (Å²) >= 11 is 7.57. The molecule has 2 aliphatic rings. The molecule has 2 aliphatic heterocycles. The lowest BCUT2D eigenvalue weighted by Gasteiger charge is -2.35. The average molecular weight is 573 g/mol.